The summed E-state index contributed by atoms with van der Waals surface area (Å²) in [4.78, 5) is 12.0. The van der Waals surface area contributed by atoms with Gasteiger partial charge in [0.05, 0.1) is 0 Å². The summed E-state index contributed by atoms with van der Waals surface area (Å²) in [7, 11) is 0. The van der Waals surface area contributed by atoms with Gasteiger partial charge in [-0.05, 0) is 24.1 Å². The van der Waals surface area contributed by atoms with Crippen LogP contribution in [-0.4, -0.2) is 35.1 Å². The lowest BCUT2D eigenvalue weighted by atomic mass is 10.1. The number of rotatable bonds is 7. The number of aryl methyl sites for hydroxylation is 1. The molecule has 3 rings (SSSR count). The van der Waals surface area contributed by atoms with Crippen molar-refractivity contribution in [3.63, 3.8) is 0 Å². The zero-order valence-corrected chi connectivity index (χ0v) is 14.6. The van der Waals surface area contributed by atoms with Crippen molar-refractivity contribution < 1.29 is 14.3 Å². The second kappa shape index (κ2) is 8.16. The molecule has 0 spiro atoms. The van der Waals surface area contributed by atoms with Gasteiger partial charge in [-0.15, -0.1) is 16.8 Å². The zero-order valence-electron chi connectivity index (χ0n) is 13.0. The predicted octanol–water partition coefficient (Wildman–Crippen LogP) is 3.16. The second-order valence-corrected chi connectivity index (χ2v) is 7.24. The molecule has 0 radical (unpaired) electrons. The van der Waals surface area contributed by atoms with E-state index in [1.807, 2.05) is 18.2 Å². The molecule has 6 nitrogen and oxygen atoms in total. The van der Waals surface area contributed by atoms with Gasteiger partial charge >= 0.3 is 0 Å². The van der Waals surface area contributed by atoms with Crippen LogP contribution < -0.4 is 14.8 Å². The third-order valence-electron chi connectivity index (χ3n) is 3.22. The Hall–Kier alpha value is -2.06. The van der Waals surface area contributed by atoms with Crippen LogP contribution in [0.1, 0.15) is 12.0 Å². The van der Waals surface area contributed by atoms with Gasteiger partial charge in [-0.3, -0.25) is 4.79 Å². The Morgan fingerprint density at radius 2 is 2.17 bits per heavy atom. The van der Waals surface area contributed by atoms with E-state index in [4.69, 9.17) is 9.47 Å². The highest BCUT2D eigenvalue weighted by Gasteiger charge is 2.13. The zero-order chi connectivity index (χ0) is 16.8. The van der Waals surface area contributed by atoms with Gasteiger partial charge in [0.1, 0.15) is 13.2 Å². The number of nitrogens with zero attached hydrogens (tertiary/aromatic N) is 2. The number of carbonyl (C=O) groups excluding carboxylic acids is 1. The molecule has 1 amide bonds. The molecule has 8 heteroatoms. The van der Waals surface area contributed by atoms with Crippen LogP contribution in [0.5, 0.6) is 11.5 Å². The van der Waals surface area contributed by atoms with Gasteiger partial charge in [-0.1, -0.05) is 35.2 Å². The van der Waals surface area contributed by atoms with Crippen molar-refractivity contribution in [1.82, 2.24) is 10.2 Å². The first-order valence-electron chi connectivity index (χ1n) is 7.50. The maximum absolute atomic E-state index is 12.0. The summed E-state index contributed by atoms with van der Waals surface area (Å²) in [6, 6.07) is 5.77. The van der Waals surface area contributed by atoms with Crippen molar-refractivity contribution in [2.75, 3.05) is 24.3 Å². The van der Waals surface area contributed by atoms with E-state index in [-0.39, 0.29) is 5.91 Å². The van der Waals surface area contributed by atoms with E-state index < -0.39 is 0 Å². The lowest BCUT2D eigenvalue weighted by molar-refractivity contribution is -0.116. The Balaban J connectivity index is 1.50. The third-order valence-corrected chi connectivity index (χ3v) is 5.19. The number of ether oxygens (including phenoxy) is 2. The highest BCUT2D eigenvalue weighted by molar-refractivity contribution is 8.01. The van der Waals surface area contributed by atoms with E-state index in [1.165, 1.54) is 11.3 Å². The molecule has 1 aliphatic heterocycles. The van der Waals surface area contributed by atoms with Gasteiger partial charge in [0.15, 0.2) is 15.8 Å². The predicted molar refractivity (Wildman–Crippen MR) is 95.2 cm³/mol. The highest BCUT2D eigenvalue weighted by atomic mass is 32.2. The number of amides is 1. The molecule has 0 saturated heterocycles. The van der Waals surface area contributed by atoms with E-state index in [2.05, 4.69) is 22.1 Å². The molecule has 1 aliphatic rings. The van der Waals surface area contributed by atoms with Crippen LogP contribution in [0.4, 0.5) is 5.13 Å². The maximum Gasteiger partial charge on any atom is 0.226 e. The first kappa shape index (κ1) is 16.8. The van der Waals surface area contributed by atoms with E-state index in [0.29, 0.717) is 31.2 Å². The van der Waals surface area contributed by atoms with E-state index in [0.717, 1.165) is 27.2 Å². The fourth-order valence-corrected chi connectivity index (χ4v) is 3.66. The quantitative estimate of drug-likeness (QED) is 0.463. The molecule has 2 aromatic rings. The molecule has 0 fully saturated rings. The van der Waals surface area contributed by atoms with Gasteiger partial charge in [0.2, 0.25) is 11.0 Å². The minimum Gasteiger partial charge on any atom is -0.486 e. The topological polar surface area (TPSA) is 73.3 Å². The van der Waals surface area contributed by atoms with Gasteiger partial charge in [-0.2, -0.15) is 0 Å². The Morgan fingerprint density at radius 1 is 1.33 bits per heavy atom. The van der Waals surface area contributed by atoms with Crippen LogP contribution in [0.15, 0.2) is 35.2 Å². The number of thioether (sulfide) groups is 1. The van der Waals surface area contributed by atoms with Crippen molar-refractivity contribution in [3.05, 3.63) is 36.4 Å². The third kappa shape index (κ3) is 4.48. The monoisotopic (exact) mass is 363 g/mol. The standard InChI is InChI=1S/C16H17N3O3S2/c1-2-9-23-16-19-18-15(24-16)17-14(20)6-4-11-3-5-12-13(10-11)22-8-7-21-12/h2-3,5,10H,1,4,6-9H2,(H,17,18,20). The minimum atomic E-state index is -0.0821. The van der Waals surface area contributed by atoms with Crippen molar-refractivity contribution in [2.45, 2.75) is 17.2 Å². The van der Waals surface area contributed by atoms with Gasteiger partial charge in [-0.25, -0.2) is 0 Å². The summed E-state index contributed by atoms with van der Waals surface area (Å²) in [5, 5.41) is 11.3. The molecule has 24 heavy (non-hydrogen) atoms. The van der Waals surface area contributed by atoms with Crippen LogP contribution in [0.25, 0.3) is 0 Å². The Kier molecular flexibility index (Phi) is 5.71. The van der Waals surface area contributed by atoms with E-state index in [1.54, 1.807) is 17.8 Å². The summed E-state index contributed by atoms with van der Waals surface area (Å²) in [6.07, 6.45) is 2.80. The Labute approximate surface area is 148 Å². The summed E-state index contributed by atoms with van der Waals surface area (Å²) >= 11 is 2.91. The number of nitrogens with one attached hydrogen (secondary N) is 1. The molecular formula is C16H17N3O3S2. The fourth-order valence-electron chi connectivity index (χ4n) is 2.13. The summed E-state index contributed by atoms with van der Waals surface area (Å²) in [5.74, 6) is 2.19. The number of benzene rings is 1. The van der Waals surface area contributed by atoms with Crippen molar-refractivity contribution in [1.29, 1.82) is 0 Å². The number of aromatic nitrogens is 2. The Morgan fingerprint density at radius 3 is 3.00 bits per heavy atom. The summed E-state index contributed by atoms with van der Waals surface area (Å²) in [5.41, 5.74) is 1.04. The lowest BCUT2D eigenvalue weighted by Gasteiger charge is -2.18. The normalized spacial score (nSPS) is 12.7. The maximum atomic E-state index is 12.0. The summed E-state index contributed by atoms with van der Waals surface area (Å²) in [6.45, 7) is 4.79. The number of fused-ring (bicyclic) bond motifs is 1. The molecule has 0 bridgehead atoms. The molecule has 2 heterocycles. The number of anilines is 1. The van der Waals surface area contributed by atoms with Crippen LogP contribution >= 0.6 is 23.1 Å². The van der Waals surface area contributed by atoms with Crippen LogP contribution in [0.3, 0.4) is 0 Å². The number of carbonyl (C=O) groups is 1. The van der Waals surface area contributed by atoms with Gasteiger partial charge in [0, 0.05) is 12.2 Å². The molecule has 126 valence electrons. The fraction of sp³-hybridized carbons (Fsp3) is 0.312. The highest BCUT2D eigenvalue weighted by Crippen LogP contribution is 2.31. The van der Waals surface area contributed by atoms with Gasteiger partial charge in [0.25, 0.3) is 0 Å². The Bertz CT molecular complexity index is 733. The number of hydrogen-bond donors (Lipinski definition) is 1. The second-order valence-electron chi connectivity index (χ2n) is 5.00. The first-order valence-corrected chi connectivity index (χ1v) is 9.30. The molecule has 0 unspecified atom stereocenters. The largest absolute Gasteiger partial charge is 0.486 e. The van der Waals surface area contributed by atoms with Crippen LogP contribution in [-0.2, 0) is 11.2 Å². The lowest BCUT2D eigenvalue weighted by Crippen LogP contribution is -2.15. The number of hydrogen-bond acceptors (Lipinski definition) is 7. The SMILES string of the molecule is C=CCSc1nnc(NC(=O)CCc2ccc3c(c2)OCCO3)s1. The van der Waals surface area contributed by atoms with E-state index in [9.17, 15) is 4.79 Å². The van der Waals surface area contributed by atoms with Crippen LogP contribution in [0, 0.1) is 0 Å². The molecule has 0 atom stereocenters. The molecule has 1 N–H and O–H groups in total. The van der Waals surface area contributed by atoms with Crippen molar-refractivity contribution >= 4 is 34.1 Å². The molecule has 0 saturated carbocycles. The molecular weight excluding hydrogens is 346 g/mol. The molecule has 1 aromatic carbocycles. The van der Waals surface area contributed by atoms with E-state index >= 15 is 0 Å². The average Bonchev–Trinajstić information content (AvgIpc) is 3.05. The van der Waals surface area contributed by atoms with Gasteiger partial charge < -0.3 is 14.8 Å². The average molecular weight is 363 g/mol. The van der Waals surface area contributed by atoms with Crippen molar-refractivity contribution in [2.24, 2.45) is 0 Å². The van der Waals surface area contributed by atoms with Crippen molar-refractivity contribution in [3.8, 4) is 11.5 Å². The van der Waals surface area contributed by atoms with Crippen LogP contribution in [0.2, 0.25) is 0 Å². The molecule has 1 aromatic heterocycles. The smallest absolute Gasteiger partial charge is 0.226 e. The molecule has 0 aliphatic carbocycles. The minimum absolute atomic E-state index is 0.0821. The summed E-state index contributed by atoms with van der Waals surface area (Å²) < 4.78 is 11.9. The first-order chi connectivity index (χ1) is 11.7.